The highest BCUT2D eigenvalue weighted by molar-refractivity contribution is 5.85. The van der Waals surface area contributed by atoms with E-state index in [-0.39, 0.29) is 18.3 Å². The molecule has 1 aliphatic heterocycles. The maximum absolute atomic E-state index is 12.8. The van der Waals surface area contributed by atoms with Crippen LogP contribution in [0.1, 0.15) is 18.4 Å². The van der Waals surface area contributed by atoms with Crippen molar-refractivity contribution in [2.24, 2.45) is 11.1 Å². The summed E-state index contributed by atoms with van der Waals surface area (Å²) in [5.74, 6) is 0.907. The second-order valence-corrected chi connectivity index (χ2v) is 5.61. The Morgan fingerprint density at radius 1 is 1.41 bits per heavy atom. The van der Waals surface area contributed by atoms with E-state index in [1.165, 1.54) is 0 Å². The van der Waals surface area contributed by atoms with Gasteiger partial charge in [0.2, 0.25) is 5.91 Å². The Kier molecular flexibility index (Phi) is 7.13. The van der Waals surface area contributed by atoms with E-state index in [2.05, 4.69) is 0 Å². The lowest BCUT2D eigenvalue weighted by atomic mass is 9.79. The molecule has 1 amide bonds. The first-order valence-corrected chi connectivity index (χ1v) is 7.27. The molecule has 1 saturated heterocycles. The molecule has 1 fully saturated rings. The van der Waals surface area contributed by atoms with Gasteiger partial charge in [0.1, 0.15) is 5.75 Å². The molecule has 6 heteroatoms. The van der Waals surface area contributed by atoms with Crippen molar-refractivity contribution in [1.29, 1.82) is 0 Å². The van der Waals surface area contributed by atoms with Crippen molar-refractivity contribution in [3.63, 3.8) is 0 Å². The Morgan fingerprint density at radius 3 is 2.68 bits per heavy atom. The van der Waals surface area contributed by atoms with E-state index in [0.29, 0.717) is 39.1 Å². The number of amides is 1. The zero-order valence-electron chi connectivity index (χ0n) is 13.2. The number of carbonyl (C=O) groups is 1. The van der Waals surface area contributed by atoms with E-state index in [1.807, 2.05) is 31.3 Å². The van der Waals surface area contributed by atoms with Gasteiger partial charge >= 0.3 is 0 Å². The van der Waals surface area contributed by atoms with Crippen LogP contribution < -0.4 is 10.5 Å². The largest absolute Gasteiger partial charge is 0.497 e. The SMILES string of the molecule is COc1cccc(CN(C)C(=O)C2(CN)CCOCC2)c1.Cl. The van der Waals surface area contributed by atoms with Gasteiger partial charge in [-0.1, -0.05) is 12.1 Å². The maximum Gasteiger partial charge on any atom is 0.230 e. The number of hydrogen-bond acceptors (Lipinski definition) is 4. The van der Waals surface area contributed by atoms with Crippen LogP contribution in [0, 0.1) is 5.41 Å². The Balaban J connectivity index is 0.00000242. The molecular formula is C16H25ClN2O3. The van der Waals surface area contributed by atoms with E-state index in [1.54, 1.807) is 12.0 Å². The van der Waals surface area contributed by atoms with Gasteiger partial charge in [0.05, 0.1) is 12.5 Å². The normalized spacial score (nSPS) is 16.5. The molecule has 1 aromatic rings. The molecule has 2 rings (SSSR count). The molecule has 0 saturated carbocycles. The fourth-order valence-corrected chi connectivity index (χ4v) is 2.79. The molecule has 1 aromatic carbocycles. The molecule has 22 heavy (non-hydrogen) atoms. The van der Waals surface area contributed by atoms with Crippen molar-refractivity contribution in [3.8, 4) is 5.75 Å². The van der Waals surface area contributed by atoms with E-state index in [9.17, 15) is 4.79 Å². The molecule has 5 nitrogen and oxygen atoms in total. The lowest BCUT2D eigenvalue weighted by molar-refractivity contribution is -0.146. The summed E-state index contributed by atoms with van der Waals surface area (Å²) in [5.41, 5.74) is 6.47. The second kappa shape index (κ2) is 8.36. The van der Waals surface area contributed by atoms with E-state index in [0.717, 1.165) is 11.3 Å². The van der Waals surface area contributed by atoms with Gasteiger partial charge in [0.15, 0.2) is 0 Å². The Morgan fingerprint density at radius 2 is 2.09 bits per heavy atom. The minimum Gasteiger partial charge on any atom is -0.497 e. The van der Waals surface area contributed by atoms with E-state index < -0.39 is 5.41 Å². The number of benzene rings is 1. The van der Waals surface area contributed by atoms with Gasteiger partial charge < -0.3 is 20.1 Å². The lowest BCUT2D eigenvalue weighted by Crippen LogP contribution is -2.49. The van der Waals surface area contributed by atoms with Gasteiger partial charge in [-0.25, -0.2) is 0 Å². The molecule has 2 N–H and O–H groups in total. The van der Waals surface area contributed by atoms with Crippen molar-refractivity contribution in [2.45, 2.75) is 19.4 Å². The van der Waals surface area contributed by atoms with Gasteiger partial charge in [0.25, 0.3) is 0 Å². The Bertz CT molecular complexity index is 490. The van der Waals surface area contributed by atoms with Crippen LogP contribution in [-0.4, -0.2) is 44.7 Å². The molecule has 0 unspecified atom stereocenters. The Labute approximate surface area is 138 Å². The predicted octanol–water partition coefficient (Wildman–Crippen LogP) is 1.83. The molecule has 124 valence electrons. The quantitative estimate of drug-likeness (QED) is 0.895. The number of hydrogen-bond donors (Lipinski definition) is 1. The zero-order chi connectivity index (χ0) is 15.3. The summed E-state index contributed by atoms with van der Waals surface area (Å²) >= 11 is 0. The topological polar surface area (TPSA) is 64.8 Å². The third kappa shape index (κ3) is 4.12. The molecule has 0 atom stereocenters. The number of methoxy groups -OCH3 is 1. The Hall–Kier alpha value is -1.30. The average molecular weight is 329 g/mol. The van der Waals surface area contributed by atoms with Crippen LogP contribution >= 0.6 is 12.4 Å². The summed E-state index contributed by atoms with van der Waals surface area (Å²) < 4.78 is 10.6. The first-order valence-electron chi connectivity index (χ1n) is 7.27. The summed E-state index contributed by atoms with van der Waals surface area (Å²) in [6, 6.07) is 7.76. The molecular weight excluding hydrogens is 304 g/mol. The number of halogens is 1. The third-order valence-corrected chi connectivity index (χ3v) is 4.19. The van der Waals surface area contributed by atoms with Crippen molar-refractivity contribution >= 4 is 18.3 Å². The van der Waals surface area contributed by atoms with Crippen LogP contribution in [0.5, 0.6) is 5.75 Å². The fraction of sp³-hybridized carbons (Fsp3) is 0.562. The number of rotatable bonds is 5. The number of ether oxygens (including phenoxy) is 2. The number of nitrogens with two attached hydrogens (primary N) is 1. The molecule has 0 bridgehead atoms. The van der Waals surface area contributed by atoms with Gasteiger partial charge in [-0.2, -0.15) is 0 Å². The van der Waals surface area contributed by atoms with Gasteiger partial charge in [0, 0.05) is 33.4 Å². The van der Waals surface area contributed by atoms with Gasteiger partial charge in [-0.15, -0.1) is 12.4 Å². The summed E-state index contributed by atoms with van der Waals surface area (Å²) in [6.07, 6.45) is 1.40. The summed E-state index contributed by atoms with van der Waals surface area (Å²) in [7, 11) is 3.47. The van der Waals surface area contributed by atoms with Gasteiger partial charge in [-0.05, 0) is 30.5 Å². The molecule has 0 radical (unpaired) electrons. The maximum atomic E-state index is 12.8. The fourth-order valence-electron chi connectivity index (χ4n) is 2.79. The number of carbonyl (C=O) groups excluding carboxylic acids is 1. The minimum absolute atomic E-state index is 0. The highest BCUT2D eigenvalue weighted by Crippen LogP contribution is 2.31. The molecule has 1 heterocycles. The monoisotopic (exact) mass is 328 g/mol. The van der Waals surface area contributed by atoms with Crippen LogP contribution in [-0.2, 0) is 16.1 Å². The van der Waals surface area contributed by atoms with Crippen LogP contribution in [0.4, 0.5) is 0 Å². The predicted molar refractivity (Wildman–Crippen MR) is 88.3 cm³/mol. The standard InChI is InChI=1S/C16H24N2O3.ClH/c1-18(11-13-4-3-5-14(10-13)20-2)15(19)16(12-17)6-8-21-9-7-16;/h3-5,10H,6-9,11-12,17H2,1-2H3;1H. The van der Waals surface area contributed by atoms with E-state index in [4.69, 9.17) is 15.2 Å². The van der Waals surface area contributed by atoms with Crippen LogP contribution in [0.15, 0.2) is 24.3 Å². The van der Waals surface area contributed by atoms with Crippen LogP contribution in [0.2, 0.25) is 0 Å². The highest BCUT2D eigenvalue weighted by atomic mass is 35.5. The van der Waals surface area contributed by atoms with Crippen molar-refractivity contribution < 1.29 is 14.3 Å². The van der Waals surface area contributed by atoms with Crippen LogP contribution in [0.3, 0.4) is 0 Å². The van der Waals surface area contributed by atoms with Crippen molar-refractivity contribution in [2.75, 3.05) is 33.9 Å². The number of nitrogens with zero attached hydrogens (tertiary/aromatic N) is 1. The first-order chi connectivity index (χ1) is 10.1. The minimum atomic E-state index is -0.466. The summed E-state index contributed by atoms with van der Waals surface area (Å²) in [6.45, 7) is 2.14. The highest BCUT2D eigenvalue weighted by Gasteiger charge is 2.40. The summed E-state index contributed by atoms with van der Waals surface area (Å²) in [4.78, 5) is 14.5. The van der Waals surface area contributed by atoms with Crippen LogP contribution in [0.25, 0.3) is 0 Å². The van der Waals surface area contributed by atoms with E-state index >= 15 is 0 Å². The lowest BCUT2D eigenvalue weighted by Gasteiger charge is -2.37. The smallest absolute Gasteiger partial charge is 0.230 e. The molecule has 0 aliphatic carbocycles. The average Bonchev–Trinajstić information content (AvgIpc) is 2.54. The first kappa shape index (κ1) is 18.7. The molecule has 1 aliphatic rings. The van der Waals surface area contributed by atoms with Crippen molar-refractivity contribution in [3.05, 3.63) is 29.8 Å². The van der Waals surface area contributed by atoms with Gasteiger partial charge in [-0.3, -0.25) is 4.79 Å². The summed E-state index contributed by atoms with van der Waals surface area (Å²) in [5, 5.41) is 0. The zero-order valence-corrected chi connectivity index (χ0v) is 14.0. The second-order valence-electron chi connectivity index (χ2n) is 5.61. The van der Waals surface area contributed by atoms with Crippen molar-refractivity contribution in [1.82, 2.24) is 4.90 Å². The third-order valence-electron chi connectivity index (χ3n) is 4.19. The molecule has 0 aromatic heterocycles. The molecule has 0 spiro atoms.